The molecule has 0 unspecified atom stereocenters. The zero-order chi connectivity index (χ0) is 30.8. The smallest absolute Gasteiger partial charge is 0.870 e. The van der Waals surface area contributed by atoms with Crippen LogP contribution in [0.15, 0.2) is 30.3 Å². The second kappa shape index (κ2) is 19.6. The number of nitrogens with zero attached hydrogens (tertiary/aromatic N) is 1. The van der Waals surface area contributed by atoms with Gasteiger partial charge in [-0.1, -0.05) is 91.1 Å². The fraction of sp³-hybridized carbons (Fsp3) is 0.714. The van der Waals surface area contributed by atoms with Gasteiger partial charge in [-0.25, -0.2) is 0 Å². The number of ether oxygens (including phenoxy) is 1. The van der Waals surface area contributed by atoms with Gasteiger partial charge in [0, 0.05) is 0 Å². The Morgan fingerprint density at radius 1 is 0.884 bits per heavy atom. The Bertz CT molecular complexity index is 928. The molecule has 1 saturated carbocycles. The van der Waals surface area contributed by atoms with Crippen molar-refractivity contribution in [1.29, 1.82) is 0 Å². The van der Waals surface area contributed by atoms with E-state index in [1.165, 1.54) is 0 Å². The molecular weight excluding hydrogens is 566 g/mol. The van der Waals surface area contributed by atoms with Crippen LogP contribution in [0.3, 0.4) is 0 Å². The van der Waals surface area contributed by atoms with Gasteiger partial charge in [-0.05, 0) is 42.3 Å². The van der Waals surface area contributed by atoms with E-state index in [0.29, 0.717) is 11.0 Å². The average Bonchev–Trinajstić information content (AvgIpc) is 3.61. The van der Waals surface area contributed by atoms with Crippen LogP contribution in [0.2, 0.25) is 17.5 Å². The topological polar surface area (TPSA) is 173 Å². The molecule has 0 spiro atoms. The molecule has 2 saturated heterocycles. The quantitative estimate of drug-likeness (QED) is 0.265. The molecule has 5 atom stereocenters. The summed E-state index contributed by atoms with van der Waals surface area (Å²) in [5.41, 5.74) is 1.13. The van der Waals surface area contributed by atoms with Crippen molar-refractivity contribution < 1.29 is 83.2 Å². The summed E-state index contributed by atoms with van der Waals surface area (Å²) in [7, 11) is -2.27. The summed E-state index contributed by atoms with van der Waals surface area (Å²) < 4.78 is 18.3. The molecule has 3 fully saturated rings. The molecule has 11 nitrogen and oxygen atoms in total. The van der Waals surface area contributed by atoms with E-state index in [1.54, 1.807) is 13.8 Å². The number of carbonyl (C=O) groups is 2. The Labute approximate surface area is 280 Å². The van der Waals surface area contributed by atoms with E-state index >= 15 is 0 Å². The van der Waals surface area contributed by atoms with Crippen LogP contribution in [0.4, 0.5) is 0 Å². The summed E-state index contributed by atoms with van der Waals surface area (Å²) in [6, 6.07) is 10.2. The molecular formula is C28H51B3NNaO10. The van der Waals surface area contributed by atoms with Gasteiger partial charge in [0.1, 0.15) is 19.2 Å². The van der Waals surface area contributed by atoms with Crippen LogP contribution >= 0.6 is 0 Å². The molecule has 0 amide bonds. The summed E-state index contributed by atoms with van der Waals surface area (Å²) in [6.07, 6.45) is 5.32. The molecule has 2 aliphatic heterocycles. The van der Waals surface area contributed by atoms with Crippen LogP contribution < -0.4 is 29.6 Å². The fourth-order valence-electron chi connectivity index (χ4n) is 5.90. The van der Waals surface area contributed by atoms with Crippen LogP contribution in [0, 0.1) is 0 Å². The molecule has 1 aromatic carbocycles. The number of fused-ring (bicyclic) bond motifs is 1. The van der Waals surface area contributed by atoms with Gasteiger partial charge in [0.2, 0.25) is 0 Å². The van der Waals surface area contributed by atoms with Gasteiger partial charge in [0.15, 0.2) is 0 Å². The minimum atomic E-state index is -2.02. The predicted octanol–water partition coefficient (Wildman–Crippen LogP) is 0.140. The zero-order valence-electron chi connectivity index (χ0n) is 27.1. The third-order valence-corrected chi connectivity index (χ3v) is 9.22. The maximum atomic E-state index is 12.4. The molecule has 0 aromatic heterocycles. The molecule has 2 heterocycles. The van der Waals surface area contributed by atoms with Gasteiger partial charge in [0.05, 0.1) is 12.6 Å². The average molecular weight is 617 g/mol. The second-order valence-electron chi connectivity index (χ2n) is 11.9. The third-order valence-electron chi connectivity index (χ3n) is 9.22. The first-order valence-corrected chi connectivity index (χ1v) is 15.2. The van der Waals surface area contributed by atoms with E-state index in [0.717, 1.165) is 44.1 Å². The van der Waals surface area contributed by atoms with Gasteiger partial charge in [-0.3, -0.25) is 9.59 Å². The first-order valence-electron chi connectivity index (χ1n) is 15.2. The summed E-state index contributed by atoms with van der Waals surface area (Å²) in [5, 5.41) is 33.5. The van der Waals surface area contributed by atoms with Crippen molar-refractivity contribution in [2.24, 2.45) is 0 Å². The number of hydrogen-bond acceptors (Lipinski definition) is 10. The van der Waals surface area contributed by atoms with Gasteiger partial charge < -0.3 is 44.0 Å². The van der Waals surface area contributed by atoms with Crippen molar-refractivity contribution in [2.75, 3.05) is 13.1 Å². The molecule has 5 N–H and O–H groups in total. The summed E-state index contributed by atoms with van der Waals surface area (Å²) in [6.45, 7) is 10.5. The van der Waals surface area contributed by atoms with Crippen molar-refractivity contribution >= 4 is 32.9 Å². The molecule has 3 aliphatic rings. The maximum Gasteiger partial charge on any atom is 1.00 e. The monoisotopic (exact) mass is 617 g/mol. The standard InChI is InChI=1S/C20H28BNO5.2C4H11BO2.Na.H2O/c1-3-15(2)21-22(12-19(23)26-21,13-20(24)27-21)17-10-7-11-18(17)25-14-16-8-5-4-6-9-16;2*1-3-4(2)5(6)7;;/h4-6,8-9,15,17-18H,3,7,10-14H2,1-2H3;2*4,6-7H,3H2,1-2H3;;1H2/q;;;+1;/p-1/t15-,17-,18-,21?,22?;2*4-;;/m000../s1. The SMILES string of the molecule is CC[C@H](C)B(O)O.CC[C@H](C)B(O)O.CC[C@H](C)[B-]12OC(=O)C[N+]1([C@H]1CCC[C@@H]1OCc1ccccc1)CC(=O)O2.[Na+].[OH-]. The van der Waals surface area contributed by atoms with E-state index in [1.807, 2.05) is 45.9 Å². The van der Waals surface area contributed by atoms with Crippen molar-refractivity contribution in [3.63, 3.8) is 0 Å². The Morgan fingerprint density at radius 2 is 1.37 bits per heavy atom. The first-order chi connectivity index (χ1) is 19.4. The Balaban J connectivity index is 0.000000927. The number of benzene rings is 1. The van der Waals surface area contributed by atoms with E-state index in [4.69, 9.17) is 34.1 Å². The predicted molar refractivity (Wildman–Crippen MR) is 162 cm³/mol. The number of carbonyl (C=O) groups excluding carboxylic acids is 2. The molecule has 238 valence electrons. The fourth-order valence-corrected chi connectivity index (χ4v) is 5.90. The third kappa shape index (κ3) is 10.6. The normalized spacial score (nSPS) is 27.3. The molecule has 4 rings (SSSR count). The van der Waals surface area contributed by atoms with Crippen molar-refractivity contribution in [2.45, 2.75) is 116 Å². The Kier molecular flexibility index (Phi) is 19.1. The van der Waals surface area contributed by atoms with Crippen LogP contribution in [-0.4, -0.2) is 88.1 Å². The number of hydrogen-bond donors (Lipinski definition) is 4. The van der Waals surface area contributed by atoms with Crippen LogP contribution in [0.1, 0.15) is 85.6 Å². The molecule has 15 heteroatoms. The van der Waals surface area contributed by atoms with Crippen LogP contribution in [0.5, 0.6) is 0 Å². The van der Waals surface area contributed by atoms with Crippen molar-refractivity contribution in [3.05, 3.63) is 35.9 Å². The summed E-state index contributed by atoms with van der Waals surface area (Å²) in [5.74, 6) is -0.480. The van der Waals surface area contributed by atoms with E-state index in [-0.39, 0.29) is 89.7 Å². The van der Waals surface area contributed by atoms with E-state index in [9.17, 15) is 9.59 Å². The zero-order valence-corrected chi connectivity index (χ0v) is 29.1. The second-order valence-corrected chi connectivity index (χ2v) is 11.9. The molecule has 0 radical (unpaired) electrons. The molecule has 0 bridgehead atoms. The van der Waals surface area contributed by atoms with Gasteiger partial charge >= 0.3 is 62.4 Å². The number of quaternary nitrogens is 1. The molecule has 1 aliphatic carbocycles. The van der Waals surface area contributed by atoms with Crippen LogP contribution in [-0.2, 0) is 30.2 Å². The van der Waals surface area contributed by atoms with Gasteiger partial charge in [-0.2, -0.15) is 0 Å². The number of rotatable bonds is 10. The molecule has 1 aromatic rings. The van der Waals surface area contributed by atoms with E-state index in [2.05, 4.69) is 12.1 Å². The molecule has 43 heavy (non-hydrogen) atoms. The summed E-state index contributed by atoms with van der Waals surface area (Å²) in [4.78, 5) is 24.8. The van der Waals surface area contributed by atoms with Gasteiger partial charge in [0.25, 0.3) is 0 Å². The first kappa shape index (κ1) is 42.1. The van der Waals surface area contributed by atoms with E-state index < -0.39 is 20.9 Å². The van der Waals surface area contributed by atoms with Gasteiger partial charge in [-0.15, -0.1) is 0 Å². The maximum absolute atomic E-state index is 12.4. The largest absolute Gasteiger partial charge is 1.00 e. The summed E-state index contributed by atoms with van der Waals surface area (Å²) >= 11 is 0. The Morgan fingerprint density at radius 3 is 1.77 bits per heavy atom. The minimum Gasteiger partial charge on any atom is -0.870 e. The van der Waals surface area contributed by atoms with Crippen LogP contribution in [0.25, 0.3) is 0 Å². The Hall–Kier alpha value is -0.925. The van der Waals surface area contributed by atoms with Crippen molar-refractivity contribution in [3.8, 4) is 0 Å². The van der Waals surface area contributed by atoms with Crippen molar-refractivity contribution in [1.82, 2.24) is 0 Å². The minimum absolute atomic E-state index is 0.